The van der Waals surface area contributed by atoms with Crippen LogP contribution in [0.3, 0.4) is 0 Å². The quantitative estimate of drug-likeness (QED) is 0.550. The molecule has 2 aliphatic heterocycles. The largest absolute Gasteiger partial charge is 0.496 e. The Morgan fingerprint density at radius 1 is 1.12 bits per heavy atom. The predicted molar refractivity (Wildman–Crippen MR) is 121 cm³/mol. The number of aromatic nitrogens is 3. The Balaban J connectivity index is 1.38. The molecular formula is C24H28N4O4. The van der Waals surface area contributed by atoms with Crippen molar-refractivity contribution >= 4 is 22.5 Å². The van der Waals surface area contributed by atoms with Gasteiger partial charge < -0.3 is 19.1 Å². The lowest BCUT2D eigenvalue weighted by atomic mass is 10.0. The topological polar surface area (TPSA) is 78.7 Å². The molecule has 0 spiro atoms. The average Bonchev–Trinajstić information content (AvgIpc) is 3.27. The minimum atomic E-state index is -0.0328. The van der Waals surface area contributed by atoms with Gasteiger partial charge in [0, 0.05) is 55.9 Å². The molecule has 0 unspecified atom stereocenters. The van der Waals surface area contributed by atoms with Crippen LogP contribution in [0.1, 0.15) is 34.9 Å². The van der Waals surface area contributed by atoms with Crippen LogP contribution in [0.15, 0.2) is 36.5 Å². The number of carbonyl (C=O) groups excluding carboxylic acids is 1. The summed E-state index contributed by atoms with van der Waals surface area (Å²) in [5.41, 5.74) is 2.18. The summed E-state index contributed by atoms with van der Waals surface area (Å²) in [7, 11) is 1.63. The molecule has 168 valence electrons. The van der Waals surface area contributed by atoms with E-state index >= 15 is 0 Å². The van der Waals surface area contributed by atoms with Crippen molar-refractivity contribution in [2.24, 2.45) is 0 Å². The zero-order chi connectivity index (χ0) is 21.9. The van der Waals surface area contributed by atoms with Gasteiger partial charge in [-0.25, -0.2) is 4.98 Å². The molecule has 0 saturated carbocycles. The minimum Gasteiger partial charge on any atom is -0.496 e. The third kappa shape index (κ3) is 4.33. The van der Waals surface area contributed by atoms with Crippen LogP contribution in [0.4, 0.5) is 5.82 Å². The number of ketones is 1. The van der Waals surface area contributed by atoms with Gasteiger partial charge in [0.2, 0.25) is 0 Å². The summed E-state index contributed by atoms with van der Waals surface area (Å²) in [4.78, 5) is 19.9. The van der Waals surface area contributed by atoms with Gasteiger partial charge in [-0.15, -0.1) is 0 Å². The summed E-state index contributed by atoms with van der Waals surface area (Å²) < 4.78 is 18.5. The van der Waals surface area contributed by atoms with E-state index in [4.69, 9.17) is 19.3 Å². The smallest absolute Gasteiger partial charge is 0.185 e. The van der Waals surface area contributed by atoms with Crippen molar-refractivity contribution in [1.82, 2.24) is 14.8 Å². The summed E-state index contributed by atoms with van der Waals surface area (Å²) >= 11 is 0. The average molecular weight is 437 g/mol. The highest BCUT2D eigenvalue weighted by molar-refractivity contribution is 5.97. The molecule has 0 radical (unpaired) electrons. The van der Waals surface area contributed by atoms with Crippen molar-refractivity contribution < 1.29 is 19.0 Å². The summed E-state index contributed by atoms with van der Waals surface area (Å²) in [6.07, 6.45) is 4.21. The second kappa shape index (κ2) is 9.26. The second-order valence-corrected chi connectivity index (χ2v) is 8.26. The van der Waals surface area contributed by atoms with Gasteiger partial charge in [-0.3, -0.25) is 9.48 Å². The molecule has 32 heavy (non-hydrogen) atoms. The Hall–Kier alpha value is -2.97. The molecule has 0 amide bonds. The molecule has 0 aliphatic carbocycles. The van der Waals surface area contributed by atoms with E-state index in [2.05, 4.69) is 16.1 Å². The van der Waals surface area contributed by atoms with Gasteiger partial charge in [-0.05, 0) is 31.0 Å². The Morgan fingerprint density at radius 3 is 2.69 bits per heavy atom. The van der Waals surface area contributed by atoms with Gasteiger partial charge in [0.05, 0.1) is 31.9 Å². The summed E-state index contributed by atoms with van der Waals surface area (Å²) in [5, 5.41) is 5.76. The lowest BCUT2D eigenvalue weighted by Gasteiger charge is -2.27. The molecule has 8 heteroatoms. The summed E-state index contributed by atoms with van der Waals surface area (Å²) in [5.74, 6) is 1.46. The molecule has 0 atom stereocenters. The number of ether oxygens (including phenoxy) is 3. The Labute approximate surface area is 187 Å². The normalized spacial score (nSPS) is 17.6. The van der Waals surface area contributed by atoms with Gasteiger partial charge in [-0.2, -0.15) is 5.10 Å². The highest BCUT2D eigenvalue weighted by Gasteiger charge is 2.20. The predicted octanol–water partition coefficient (Wildman–Crippen LogP) is 3.05. The van der Waals surface area contributed by atoms with Crippen LogP contribution >= 0.6 is 0 Å². The maximum atomic E-state index is 13.1. The highest BCUT2D eigenvalue weighted by Crippen LogP contribution is 2.29. The molecule has 1 aromatic carbocycles. The van der Waals surface area contributed by atoms with Crippen molar-refractivity contribution in [1.29, 1.82) is 0 Å². The standard InChI is InChI=1S/C24H28N4O4/c1-30-23-15-21-18(16-28(26-21)19-5-9-31-10-6-19)13-17(23)14-22(29)20-3-2-4-24(25-20)27-7-11-32-12-8-27/h2-4,13,15-16,19H,5-12,14H2,1H3. The van der Waals surface area contributed by atoms with Crippen molar-refractivity contribution in [3.63, 3.8) is 0 Å². The molecule has 2 fully saturated rings. The number of methoxy groups -OCH3 is 1. The molecule has 0 N–H and O–H groups in total. The maximum absolute atomic E-state index is 13.1. The minimum absolute atomic E-state index is 0.0328. The van der Waals surface area contributed by atoms with Gasteiger partial charge in [0.1, 0.15) is 17.3 Å². The van der Waals surface area contributed by atoms with E-state index in [1.54, 1.807) is 13.2 Å². The molecule has 8 nitrogen and oxygen atoms in total. The van der Waals surface area contributed by atoms with E-state index in [0.29, 0.717) is 30.7 Å². The number of anilines is 1. The van der Waals surface area contributed by atoms with Gasteiger partial charge >= 0.3 is 0 Å². The first kappa shape index (κ1) is 20.9. The van der Waals surface area contributed by atoms with Crippen LogP contribution in [0.25, 0.3) is 10.9 Å². The van der Waals surface area contributed by atoms with Gasteiger partial charge in [-0.1, -0.05) is 6.07 Å². The molecule has 0 bridgehead atoms. The molecule has 4 heterocycles. The molecule has 3 aromatic rings. The van der Waals surface area contributed by atoms with Crippen LogP contribution < -0.4 is 9.64 Å². The fraction of sp³-hybridized carbons (Fsp3) is 0.458. The number of hydrogen-bond donors (Lipinski definition) is 0. The Bertz CT molecular complexity index is 1100. The van der Waals surface area contributed by atoms with E-state index in [9.17, 15) is 4.79 Å². The number of nitrogens with zero attached hydrogens (tertiary/aromatic N) is 4. The maximum Gasteiger partial charge on any atom is 0.185 e. The van der Waals surface area contributed by atoms with Crippen molar-refractivity contribution in [3.8, 4) is 5.75 Å². The zero-order valence-corrected chi connectivity index (χ0v) is 18.3. The molecular weight excluding hydrogens is 408 g/mol. The number of hydrogen-bond acceptors (Lipinski definition) is 7. The molecule has 5 rings (SSSR count). The lowest BCUT2D eigenvalue weighted by molar-refractivity contribution is 0.0664. The van der Waals surface area contributed by atoms with Crippen LogP contribution in [0, 0.1) is 0 Å². The monoisotopic (exact) mass is 436 g/mol. The van der Waals surface area contributed by atoms with Crippen LogP contribution in [0.5, 0.6) is 5.75 Å². The fourth-order valence-electron chi connectivity index (χ4n) is 4.39. The molecule has 2 aliphatic rings. The first-order valence-electron chi connectivity index (χ1n) is 11.2. The SMILES string of the molecule is COc1cc2nn(C3CCOCC3)cc2cc1CC(=O)c1cccc(N2CCOCC2)n1. The summed E-state index contributed by atoms with van der Waals surface area (Å²) in [6.45, 7) is 4.46. The van der Waals surface area contributed by atoms with Gasteiger partial charge in [0.25, 0.3) is 0 Å². The lowest BCUT2D eigenvalue weighted by Crippen LogP contribution is -2.36. The summed E-state index contributed by atoms with van der Waals surface area (Å²) in [6, 6.07) is 9.90. The van der Waals surface area contributed by atoms with E-state index in [-0.39, 0.29) is 12.2 Å². The van der Waals surface area contributed by atoms with Crippen LogP contribution in [-0.2, 0) is 15.9 Å². The number of carbonyl (C=O) groups is 1. The third-order valence-corrected chi connectivity index (χ3v) is 6.20. The van der Waals surface area contributed by atoms with E-state index in [1.807, 2.05) is 28.9 Å². The van der Waals surface area contributed by atoms with E-state index in [1.165, 1.54) is 0 Å². The number of pyridine rings is 1. The number of morpholine rings is 1. The van der Waals surface area contributed by atoms with Crippen LogP contribution in [-0.4, -0.2) is 67.2 Å². The van der Waals surface area contributed by atoms with Crippen LogP contribution in [0.2, 0.25) is 0 Å². The van der Waals surface area contributed by atoms with Gasteiger partial charge in [0.15, 0.2) is 5.78 Å². The third-order valence-electron chi connectivity index (χ3n) is 6.20. The number of benzene rings is 1. The van der Waals surface area contributed by atoms with Crippen molar-refractivity contribution in [2.45, 2.75) is 25.3 Å². The highest BCUT2D eigenvalue weighted by atomic mass is 16.5. The van der Waals surface area contributed by atoms with E-state index < -0.39 is 0 Å². The first-order chi connectivity index (χ1) is 15.7. The Morgan fingerprint density at radius 2 is 1.91 bits per heavy atom. The second-order valence-electron chi connectivity index (χ2n) is 8.26. The first-order valence-corrected chi connectivity index (χ1v) is 11.2. The molecule has 2 aromatic heterocycles. The van der Waals surface area contributed by atoms with E-state index in [0.717, 1.165) is 61.4 Å². The number of Topliss-reactive ketones (excluding diaryl/α,β-unsaturated/α-hetero) is 1. The zero-order valence-electron chi connectivity index (χ0n) is 18.3. The van der Waals surface area contributed by atoms with Crippen molar-refractivity contribution in [3.05, 3.63) is 47.8 Å². The number of fused-ring (bicyclic) bond motifs is 1. The fourth-order valence-corrected chi connectivity index (χ4v) is 4.39. The number of rotatable bonds is 6. The molecule has 2 saturated heterocycles. The Kier molecular flexibility index (Phi) is 6.05. The van der Waals surface area contributed by atoms with Crippen molar-refractivity contribution in [2.75, 3.05) is 51.5 Å².